The minimum absolute atomic E-state index is 0.0708. The fraction of sp³-hybridized carbons (Fsp3) is 0.308. The Labute approximate surface area is 99.2 Å². The van der Waals surface area contributed by atoms with E-state index in [1.165, 1.54) is 0 Å². The van der Waals surface area contributed by atoms with Crippen LogP contribution in [0.4, 0.5) is 0 Å². The summed E-state index contributed by atoms with van der Waals surface area (Å²) < 4.78 is 5.22. The maximum absolute atomic E-state index is 12.0. The van der Waals surface area contributed by atoms with Crippen molar-refractivity contribution in [1.82, 2.24) is 9.88 Å². The fourth-order valence-electron chi connectivity index (χ4n) is 2.37. The number of likely N-dealkylation sites (N-methyl/N-ethyl adjacent to an activating group) is 1. The topological polar surface area (TPSA) is 45.3 Å². The quantitative estimate of drug-likeness (QED) is 0.812. The Morgan fingerprint density at radius 3 is 3.00 bits per heavy atom. The number of carbonyl (C=O) groups excluding carboxylic acids is 1. The lowest BCUT2D eigenvalue weighted by atomic mass is 10.0. The van der Waals surface area contributed by atoms with E-state index in [-0.39, 0.29) is 5.91 Å². The third kappa shape index (κ3) is 1.40. The Kier molecular flexibility index (Phi) is 2.11. The van der Waals surface area contributed by atoms with E-state index in [0.29, 0.717) is 0 Å². The van der Waals surface area contributed by atoms with Crippen molar-refractivity contribution in [3.05, 3.63) is 29.5 Å². The van der Waals surface area contributed by atoms with Crippen LogP contribution in [0.3, 0.4) is 0 Å². The summed E-state index contributed by atoms with van der Waals surface area (Å²) >= 11 is 0. The highest BCUT2D eigenvalue weighted by Crippen LogP contribution is 2.29. The number of carbonyl (C=O) groups is 1. The molecule has 1 amide bonds. The maximum atomic E-state index is 12.0. The molecule has 17 heavy (non-hydrogen) atoms. The highest BCUT2D eigenvalue weighted by molar-refractivity contribution is 6.02. The smallest absolute Gasteiger partial charge is 0.270 e. The summed E-state index contributed by atoms with van der Waals surface area (Å²) in [6.07, 6.45) is 0.894. The lowest BCUT2D eigenvalue weighted by Gasteiger charge is -2.22. The molecule has 1 aliphatic rings. The monoisotopic (exact) mass is 230 g/mol. The summed E-state index contributed by atoms with van der Waals surface area (Å²) in [6, 6.07) is 5.85. The first-order chi connectivity index (χ1) is 8.20. The summed E-state index contributed by atoms with van der Waals surface area (Å²) in [5.41, 5.74) is 2.84. The average Bonchev–Trinajstić information content (AvgIpc) is 2.72. The third-order valence-electron chi connectivity index (χ3n) is 3.37. The van der Waals surface area contributed by atoms with Crippen molar-refractivity contribution in [2.75, 3.05) is 20.7 Å². The molecule has 0 spiro atoms. The minimum Gasteiger partial charge on any atom is -0.497 e. The maximum Gasteiger partial charge on any atom is 0.270 e. The predicted octanol–water partition coefficient (Wildman–Crippen LogP) is 1.80. The van der Waals surface area contributed by atoms with E-state index < -0.39 is 0 Å². The Bertz CT molecular complexity index is 601. The largest absolute Gasteiger partial charge is 0.497 e. The molecule has 0 aliphatic carbocycles. The van der Waals surface area contributed by atoms with Crippen LogP contribution in [0.2, 0.25) is 0 Å². The van der Waals surface area contributed by atoms with Gasteiger partial charge in [-0.15, -0.1) is 0 Å². The molecule has 0 fully saturated rings. The molecule has 1 N–H and O–H groups in total. The number of hydrogen-bond donors (Lipinski definition) is 1. The van der Waals surface area contributed by atoms with Gasteiger partial charge in [0, 0.05) is 24.5 Å². The van der Waals surface area contributed by atoms with E-state index in [1.807, 2.05) is 25.2 Å². The fourth-order valence-corrected chi connectivity index (χ4v) is 2.37. The number of ether oxygens (including phenoxy) is 1. The van der Waals surface area contributed by atoms with Crippen LogP contribution in [-0.4, -0.2) is 36.5 Å². The molecule has 0 unspecified atom stereocenters. The molecular weight excluding hydrogens is 216 g/mol. The Hall–Kier alpha value is -1.97. The van der Waals surface area contributed by atoms with Gasteiger partial charge in [-0.1, -0.05) is 0 Å². The molecule has 0 atom stereocenters. The molecule has 1 aromatic heterocycles. The van der Waals surface area contributed by atoms with Gasteiger partial charge < -0.3 is 14.6 Å². The van der Waals surface area contributed by atoms with Crippen LogP contribution in [0.1, 0.15) is 16.1 Å². The molecule has 4 heteroatoms. The van der Waals surface area contributed by atoms with Crippen LogP contribution in [0.25, 0.3) is 10.9 Å². The van der Waals surface area contributed by atoms with E-state index in [2.05, 4.69) is 4.98 Å². The third-order valence-corrected chi connectivity index (χ3v) is 3.37. The number of rotatable bonds is 1. The highest BCUT2D eigenvalue weighted by Gasteiger charge is 2.25. The average molecular weight is 230 g/mol. The van der Waals surface area contributed by atoms with E-state index in [0.717, 1.165) is 40.9 Å². The number of amides is 1. The second-order valence-electron chi connectivity index (χ2n) is 4.37. The van der Waals surface area contributed by atoms with Crippen molar-refractivity contribution >= 4 is 16.8 Å². The Morgan fingerprint density at radius 1 is 1.41 bits per heavy atom. The van der Waals surface area contributed by atoms with Gasteiger partial charge in [-0.25, -0.2) is 0 Å². The summed E-state index contributed by atoms with van der Waals surface area (Å²) in [5, 5.41) is 1.10. The van der Waals surface area contributed by atoms with Gasteiger partial charge >= 0.3 is 0 Å². The van der Waals surface area contributed by atoms with Gasteiger partial charge in [-0.05, 0) is 30.2 Å². The molecule has 2 aromatic rings. The number of methoxy groups -OCH3 is 1. The van der Waals surface area contributed by atoms with E-state index in [9.17, 15) is 4.79 Å². The standard InChI is InChI=1S/C13H14N2O2/c1-15-6-5-9-10-7-8(17-2)3-4-11(10)14-12(9)13(15)16/h3-4,7,14H,5-6H2,1-2H3. The number of H-pyrrole nitrogens is 1. The number of aromatic amines is 1. The second-order valence-corrected chi connectivity index (χ2v) is 4.37. The molecule has 4 nitrogen and oxygen atoms in total. The summed E-state index contributed by atoms with van der Waals surface area (Å²) in [7, 11) is 3.48. The van der Waals surface area contributed by atoms with Crippen molar-refractivity contribution in [3.8, 4) is 5.75 Å². The number of nitrogens with zero attached hydrogens (tertiary/aromatic N) is 1. The lowest BCUT2D eigenvalue weighted by Crippen LogP contribution is -2.33. The van der Waals surface area contributed by atoms with Gasteiger partial charge in [0.05, 0.1) is 7.11 Å². The van der Waals surface area contributed by atoms with Crippen LogP contribution < -0.4 is 4.74 Å². The number of fused-ring (bicyclic) bond motifs is 3. The summed E-state index contributed by atoms with van der Waals surface area (Å²) in [6.45, 7) is 0.774. The van der Waals surface area contributed by atoms with Crippen LogP contribution in [0.5, 0.6) is 5.75 Å². The van der Waals surface area contributed by atoms with Crippen LogP contribution >= 0.6 is 0 Å². The summed E-state index contributed by atoms with van der Waals surface area (Å²) in [5.74, 6) is 0.895. The van der Waals surface area contributed by atoms with E-state index in [4.69, 9.17) is 4.74 Å². The second kappa shape index (κ2) is 3.52. The molecule has 0 radical (unpaired) electrons. The Balaban J connectivity index is 2.25. The minimum atomic E-state index is 0.0708. The molecule has 3 rings (SSSR count). The molecule has 0 saturated carbocycles. The molecular formula is C13H14N2O2. The first-order valence-electron chi connectivity index (χ1n) is 5.65. The predicted molar refractivity (Wildman–Crippen MR) is 65.5 cm³/mol. The number of benzene rings is 1. The molecule has 88 valence electrons. The Morgan fingerprint density at radius 2 is 2.24 bits per heavy atom. The number of nitrogens with one attached hydrogen (secondary N) is 1. The molecule has 0 bridgehead atoms. The van der Waals surface area contributed by atoms with Gasteiger partial charge in [0.25, 0.3) is 5.91 Å². The molecule has 1 aliphatic heterocycles. The van der Waals surface area contributed by atoms with Crippen molar-refractivity contribution in [3.63, 3.8) is 0 Å². The van der Waals surface area contributed by atoms with Crippen molar-refractivity contribution in [2.24, 2.45) is 0 Å². The van der Waals surface area contributed by atoms with Crippen LogP contribution in [0, 0.1) is 0 Å². The number of aromatic nitrogens is 1. The van der Waals surface area contributed by atoms with Crippen molar-refractivity contribution < 1.29 is 9.53 Å². The zero-order chi connectivity index (χ0) is 12.0. The van der Waals surface area contributed by atoms with Gasteiger partial charge in [0.1, 0.15) is 11.4 Å². The molecule has 0 saturated heterocycles. The zero-order valence-corrected chi connectivity index (χ0v) is 9.91. The SMILES string of the molecule is COc1ccc2[nH]c3c(c2c1)CCN(C)C3=O. The highest BCUT2D eigenvalue weighted by atomic mass is 16.5. The van der Waals surface area contributed by atoms with Crippen LogP contribution in [0.15, 0.2) is 18.2 Å². The number of hydrogen-bond acceptors (Lipinski definition) is 2. The van der Waals surface area contributed by atoms with Crippen LogP contribution in [-0.2, 0) is 6.42 Å². The van der Waals surface area contributed by atoms with Gasteiger partial charge in [-0.2, -0.15) is 0 Å². The molecule has 1 aromatic carbocycles. The first-order valence-corrected chi connectivity index (χ1v) is 5.65. The lowest BCUT2D eigenvalue weighted by molar-refractivity contribution is 0.0776. The van der Waals surface area contributed by atoms with Gasteiger partial charge in [0.15, 0.2) is 0 Å². The normalized spacial score (nSPS) is 15.2. The van der Waals surface area contributed by atoms with Crippen molar-refractivity contribution in [2.45, 2.75) is 6.42 Å². The van der Waals surface area contributed by atoms with E-state index in [1.54, 1.807) is 12.0 Å². The van der Waals surface area contributed by atoms with E-state index >= 15 is 0 Å². The van der Waals surface area contributed by atoms with Gasteiger partial charge in [0.2, 0.25) is 0 Å². The zero-order valence-electron chi connectivity index (χ0n) is 9.91. The first kappa shape index (κ1) is 10.2. The van der Waals surface area contributed by atoms with Crippen molar-refractivity contribution in [1.29, 1.82) is 0 Å². The summed E-state index contributed by atoms with van der Waals surface area (Å²) in [4.78, 5) is 16.9. The molecule has 2 heterocycles. The van der Waals surface area contributed by atoms with Gasteiger partial charge in [-0.3, -0.25) is 4.79 Å².